The zero-order chi connectivity index (χ0) is 14.8. The molecule has 0 aliphatic carbocycles. The second kappa shape index (κ2) is 5.61. The van der Waals surface area contributed by atoms with E-state index in [0.717, 1.165) is 5.75 Å². The number of rotatable bonds is 4. The largest absolute Gasteiger partial charge is 0.485 e. The number of aromatic nitrogens is 4. The minimum Gasteiger partial charge on any atom is -0.485 e. The van der Waals surface area contributed by atoms with Crippen LogP contribution < -0.4 is 4.74 Å². The van der Waals surface area contributed by atoms with Gasteiger partial charge in [0.25, 0.3) is 0 Å². The Morgan fingerprint density at radius 2 is 2.00 bits per heavy atom. The third-order valence-electron chi connectivity index (χ3n) is 2.95. The summed E-state index contributed by atoms with van der Waals surface area (Å²) in [6.45, 7) is 10.8. The monoisotopic (exact) mass is 274 g/mol. The summed E-state index contributed by atoms with van der Waals surface area (Å²) in [7, 11) is 0. The summed E-state index contributed by atoms with van der Waals surface area (Å²) < 4.78 is 5.73. The van der Waals surface area contributed by atoms with Gasteiger partial charge in [0.15, 0.2) is 6.61 Å². The molecule has 1 aromatic heterocycles. The van der Waals surface area contributed by atoms with Crippen LogP contribution in [0, 0.1) is 0 Å². The van der Waals surface area contributed by atoms with E-state index in [1.807, 2.05) is 32.9 Å². The first-order chi connectivity index (χ1) is 9.36. The number of ether oxygens (including phenoxy) is 1. The first-order valence-corrected chi connectivity index (χ1v) is 6.88. The molecule has 0 atom stereocenters. The number of nitrogens with zero attached hydrogens (tertiary/aromatic N) is 4. The van der Waals surface area contributed by atoms with Crippen LogP contribution in [0.5, 0.6) is 5.75 Å². The van der Waals surface area contributed by atoms with Gasteiger partial charge in [0.05, 0.1) is 5.54 Å². The smallest absolute Gasteiger partial charge is 0.212 e. The number of benzene rings is 1. The van der Waals surface area contributed by atoms with Crippen molar-refractivity contribution in [2.45, 2.75) is 52.7 Å². The maximum Gasteiger partial charge on any atom is 0.212 e. The van der Waals surface area contributed by atoms with Gasteiger partial charge in [-0.2, -0.15) is 4.80 Å². The number of tetrazole rings is 1. The Hall–Kier alpha value is -1.91. The van der Waals surface area contributed by atoms with Crippen LogP contribution in [0.4, 0.5) is 0 Å². The minimum atomic E-state index is -0.164. The van der Waals surface area contributed by atoms with E-state index >= 15 is 0 Å². The van der Waals surface area contributed by atoms with Gasteiger partial charge in [-0.3, -0.25) is 0 Å². The van der Waals surface area contributed by atoms with Crippen LogP contribution >= 0.6 is 0 Å². The van der Waals surface area contributed by atoms with E-state index in [0.29, 0.717) is 18.3 Å². The topological polar surface area (TPSA) is 52.8 Å². The Kier molecular flexibility index (Phi) is 4.06. The van der Waals surface area contributed by atoms with Crippen LogP contribution in [-0.2, 0) is 12.1 Å². The summed E-state index contributed by atoms with van der Waals surface area (Å²) in [4.78, 5) is 1.61. The molecule has 2 rings (SSSR count). The van der Waals surface area contributed by atoms with Crippen molar-refractivity contribution < 1.29 is 4.74 Å². The van der Waals surface area contributed by atoms with Gasteiger partial charge < -0.3 is 4.74 Å². The van der Waals surface area contributed by atoms with Gasteiger partial charge in [-0.15, -0.1) is 10.2 Å². The number of hydrogen-bond donors (Lipinski definition) is 0. The van der Waals surface area contributed by atoms with Gasteiger partial charge in [-0.25, -0.2) is 0 Å². The minimum absolute atomic E-state index is 0.164. The standard InChI is InChI=1S/C15H22N4O/c1-11(2)12-7-6-8-13(9-12)20-10-14-16-18-19(17-14)15(3,4)5/h6-9,11H,10H2,1-5H3. The average molecular weight is 274 g/mol. The molecule has 0 spiro atoms. The SMILES string of the molecule is CC(C)c1cccc(OCc2nnn(C(C)(C)C)n2)c1. The van der Waals surface area contributed by atoms with E-state index in [1.54, 1.807) is 4.80 Å². The molecule has 0 amide bonds. The van der Waals surface area contributed by atoms with Crippen molar-refractivity contribution >= 4 is 0 Å². The molecule has 1 aromatic carbocycles. The van der Waals surface area contributed by atoms with Crippen LogP contribution in [0.3, 0.4) is 0 Å². The molecule has 0 fully saturated rings. The van der Waals surface area contributed by atoms with Gasteiger partial charge in [0.2, 0.25) is 5.82 Å². The van der Waals surface area contributed by atoms with Crippen molar-refractivity contribution in [2.75, 3.05) is 0 Å². The molecular formula is C15H22N4O. The lowest BCUT2D eigenvalue weighted by Crippen LogP contribution is -2.24. The van der Waals surface area contributed by atoms with E-state index in [-0.39, 0.29) is 5.54 Å². The van der Waals surface area contributed by atoms with Crippen molar-refractivity contribution in [3.05, 3.63) is 35.7 Å². The molecule has 0 unspecified atom stereocenters. The quantitative estimate of drug-likeness (QED) is 0.859. The Morgan fingerprint density at radius 1 is 1.25 bits per heavy atom. The molecule has 0 saturated heterocycles. The van der Waals surface area contributed by atoms with Crippen LogP contribution in [0.25, 0.3) is 0 Å². The molecule has 5 heteroatoms. The van der Waals surface area contributed by atoms with E-state index < -0.39 is 0 Å². The normalized spacial score (nSPS) is 11.9. The molecule has 20 heavy (non-hydrogen) atoms. The Balaban J connectivity index is 2.02. The summed E-state index contributed by atoms with van der Waals surface area (Å²) in [6, 6.07) is 8.11. The van der Waals surface area contributed by atoms with Crippen LogP contribution in [0.15, 0.2) is 24.3 Å². The second-order valence-corrected chi connectivity index (χ2v) is 6.18. The molecule has 0 N–H and O–H groups in total. The van der Waals surface area contributed by atoms with Crippen LogP contribution in [0.2, 0.25) is 0 Å². The summed E-state index contributed by atoms with van der Waals surface area (Å²) in [5.41, 5.74) is 1.09. The lowest BCUT2D eigenvalue weighted by molar-refractivity contribution is 0.284. The fraction of sp³-hybridized carbons (Fsp3) is 0.533. The molecule has 0 aliphatic heterocycles. The predicted molar refractivity (Wildman–Crippen MR) is 77.7 cm³/mol. The third-order valence-corrected chi connectivity index (χ3v) is 2.95. The van der Waals surface area contributed by atoms with E-state index in [9.17, 15) is 0 Å². The molecule has 1 heterocycles. The fourth-order valence-corrected chi connectivity index (χ4v) is 1.70. The third kappa shape index (κ3) is 3.56. The molecule has 0 saturated carbocycles. The zero-order valence-electron chi connectivity index (χ0n) is 12.8. The fourth-order valence-electron chi connectivity index (χ4n) is 1.70. The average Bonchev–Trinajstić information content (AvgIpc) is 2.85. The van der Waals surface area contributed by atoms with E-state index in [2.05, 4.69) is 41.4 Å². The molecule has 2 aromatic rings. The highest BCUT2D eigenvalue weighted by Gasteiger charge is 2.17. The van der Waals surface area contributed by atoms with Gasteiger partial charge >= 0.3 is 0 Å². The predicted octanol–water partition coefficient (Wildman–Crippen LogP) is 3.13. The molecular weight excluding hydrogens is 252 g/mol. The Bertz CT molecular complexity index is 569. The summed E-state index contributed by atoms with van der Waals surface area (Å²) in [5, 5.41) is 12.4. The highest BCUT2D eigenvalue weighted by Crippen LogP contribution is 2.20. The molecule has 0 radical (unpaired) electrons. The zero-order valence-corrected chi connectivity index (χ0v) is 12.8. The first-order valence-electron chi connectivity index (χ1n) is 6.88. The Morgan fingerprint density at radius 3 is 2.60 bits per heavy atom. The second-order valence-electron chi connectivity index (χ2n) is 6.18. The molecule has 0 bridgehead atoms. The number of hydrogen-bond acceptors (Lipinski definition) is 4. The van der Waals surface area contributed by atoms with Gasteiger partial charge in [-0.05, 0) is 49.6 Å². The van der Waals surface area contributed by atoms with Crippen molar-refractivity contribution in [3.63, 3.8) is 0 Å². The first kappa shape index (κ1) is 14.5. The molecule has 5 nitrogen and oxygen atoms in total. The van der Waals surface area contributed by atoms with E-state index in [4.69, 9.17) is 4.74 Å². The van der Waals surface area contributed by atoms with Crippen LogP contribution in [0.1, 0.15) is 51.9 Å². The van der Waals surface area contributed by atoms with Crippen molar-refractivity contribution in [2.24, 2.45) is 0 Å². The van der Waals surface area contributed by atoms with Gasteiger partial charge in [-0.1, -0.05) is 26.0 Å². The summed E-state index contributed by atoms with van der Waals surface area (Å²) in [6.07, 6.45) is 0. The molecule has 108 valence electrons. The van der Waals surface area contributed by atoms with Gasteiger partial charge in [0.1, 0.15) is 5.75 Å². The maximum absolute atomic E-state index is 5.73. The maximum atomic E-state index is 5.73. The molecule has 0 aliphatic rings. The highest BCUT2D eigenvalue weighted by molar-refractivity contribution is 5.30. The highest BCUT2D eigenvalue weighted by atomic mass is 16.5. The van der Waals surface area contributed by atoms with Gasteiger partial charge in [0, 0.05) is 0 Å². The van der Waals surface area contributed by atoms with Crippen molar-refractivity contribution in [3.8, 4) is 5.75 Å². The lowest BCUT2D eigenvalue weighted by atomic mass is 10.0. The lowest BCUT2D eigenvalue weighted by Gasteiger charge is -2.15. The summed E-state index contributed by atoms with van der Waals surface area (Å²) >= 11 is 0. The Labute approximate surface area is 120 Å². The van der Waals surface area contributed by atoms with Crippen molar-refractivity contribution in [1.29, 1.82) is 0 Å². The summed E-state index contributed by atoms with van der Waals surface area (Å²) in [5.74, 6) is 1.91. The van der Waals surface area contributed by atoms with Crippen molar-refractivity contribution in [1.82, 2.24) is 20.2 Å². The van der Waals surface area contributed by atoms with Crippen LogP contribution in [-0.4, -0.2) is 20.2 Å². The van der Waals surface area contributed by atoms with E-state index in [1.165, 1.54) is 5.56 Å².